The number of azo groups is 1. The van der Waals surface area contributed by atoms with Crippen LogP contribution in [0.1, 0.15) is 10.4 Å². The van der Waals surface area contributed by atoms with Crippen LogP contribution in [-0.2, 0) is 0 Å². The van der Waals surface area contributed by atoms with Gasteiger partial charge in [-0.3, -0.25) is 0 Å². The van der Waals surface area contributed by atoms with Gasteiger partial charge in [0.15, 0.2) is 0 Å². The fourth-order valence-electron chi connectivity index (χ4n) is 1.35. The first-order chi connectivity index (χ1) is 8.66. The highest BCUT2D eigenvalue weighted by molar-refractivity contribution is 5.88. The first-order valence-corrected chi connectivity index (χ1v) is 5.16. The lowest BCUT2D eigenvalue weighted by atomic mass is 10.2. The largest absolute Gasteiger partial charge is 0.478 e. The van der Waals surface area contributed by atoms with Crippen molar-refractivity contribution in [3.63, 3.8) is 0 Å². The predicted molar refractivity (Wildman–Crippen MR) is 64.0 cm³/mol. The molecule has 0 aliphatic rings. The van der Waals surface area contributed by atoms with Crippen LogP contribution in [0.5, 0.6) is 0 Å². The molecule has 0 heterocycles. The lowest BCUT2D eigenvalue weighted by molar-refractivity contribution is 0.0692. The number of carboxylic acids is 1. The van der Waals surface area contributed by atoms with Crippen molar-refractivity contribution >= 4 is 17.3 Å². The van der Waals surface area contributed by atoms with E-state index in [-0.39, 0.29) is 5.69 Å². The SMILES string of the molecule is O=C(O)c1cc(N=Nc2ccccc2)ccc1F. The molecule has 0 saturated heterocycles. The Kier molecular flexibility index (Phi) is 3.43. The number of halogens is 1. The molecule has 18 heavy (non-hydrogen) atoms. The summed E-state index contributed by atoms with van der Waals surface area (Å²) in [5.41, 5.74) is 0.510. The lowest BCUT2D eigenvalue weighted by Gasteiger charge is -1.98. The van der Waals surface area contributed by atoms with Crippen LogP contribution in [0.15, 0.2) is 58.8 Å². The third-order valence-electron chi connectivity index (χ3n) is 2.22. The molecule has 1 N–H and O–H groups in total. The summed E-state index contributed by atoms with van der Waals surface area (Å²) in [7, 11) is 0. The highest BCUT2D eigenvalue weighted by Crippen LogP contribution is 2.20. The Bertz CT molecular complexity index is 597. The first kappa shape index (κ1) is 11.9. The van der Waals surface area contributed by atoms with Crippen molar-refractivity contribution in [2.24, 2.45) is 10.2 Å². The Morgan fingerprint density at radius 2 is 1.67 bits per heavy atom. The molecule has 0 unspecified atom stereocenters. The smallest absolute Gasteiger partial charge is 0.338 e. The molecule has 0 radical (unpaired) electrons. The molecule has 2 aromatic carbocycles. The van der Waals surface area contributed by atoms with Crippen molar-refractivity contribution in [3.8, 4) is 0 Å². The zero-order valence-corrected chi connectivity index (χ0v) is 9.25. The number of hydrogen-bond acceptors (Lipinski definition) is 3. The van der Waals surface area contributed by atoms with Crippen molar-refractivity contribution < 1.29 is 14.3 Å². The van der Waals surface area contributed by atoms with E-state index in [1.54, 1.807) is 12.1 Å². The first-order valence-electron chi connectivity index (χ1n) is 5.16. The maximum atomic E-state index is 13.1. The molecule has 0 aromatic heterocycles. The monoisotopic (exact) mass is 244 g/mol. The third kappa shape index (κ3) is 2.76. The second-order valence-corrected chi connectivity index (χ2v) is 3.50. The Morgan fingerprint density at radius 3 is 2.33 bits per heavy atom. The highest BCUT2D eigenvalue weighted by Gasteiger charge is 2.10. The van der Waals surface area contributed by atoms with Gasteiger partial charge >= 0.3 is 5.97 Å². The second-order valence-electron chi connectivity index (χ2n) is 3.50. The van der Waals surface area contributed by atoms with Crippen LogP contribution in [-0.4, -0.2) is 11.1 Å². The van der Waals surface area contributed by atoms with E-state index in [4.69, 9.17) is 5.11 Å². The minimum atomic E-state index is -1.33. The van der Waals surface area contributed by atoms with Gasteiger partial charge in [-0.2, -0.15) is 10.2 Å². The van der Waals surface area contributed by atoms with Crippen LogP contribution in [0.3, 0.4) is 0 Å². The minimum Gasteiger partial charge on any atom is -0.478 e. The molecule has 0 aliphatic heterocycles. The standard InChI is InChI=1S/C13H9FN2O2/c14-12-7-6-10(8-11(12)13(17)18)16-15-9-4-2-1-3-5-9/h1-8H,(H,17,18). The molecule has 2 aromatic rings. The van der Waals surface area contributed by atoms with E-state index in [2.05, 4.69) is 10.2 Å². The van der Waals surface area contributed by atoms with Crippen molar-refractivity contribution in [3.05, 3.63) is 59.9 Å². The minimum absolute atomic E-state index is 0.289. The van der Waals surface area contributed by atoms with E-state index >= 15 is 0 Å². The average Bonchev–Trinajstić information content (AvgIpc) is 2.38. The molecule has 4 nitrogen and oxygen atoms in total. The predicted octanol–water partition coefficient (Wildman–Crippen LogP) is 3.94. The molecule has 5 heteroatoms. The number of aromatic carboxylic acids is 1. The molecule has 0 spiro atoms. The Morgan fingerprint density at radius 1 is 1.00 bits per heavy atom. The highest BCUT2D eigenvalue weighted by atomic mass is 19.1. The van der Waals surface area contributed by atoms with Crippen molar-refractivity contribution in [1.29, 1.82) is 0 Å². The van der Waals surface area contributed by atoms with Gasteiger partial charge in [-0.15, -0.1) is 0 Å². The van der Waals surface area contributed by atoms with Gasteiger partial charge < -0.3 is 5.11 Å². The molecule has 90 valence electrons. The molecule has 0 fully saturated rings. The van der Waals surface area contributed by atoms with Gasteiger partial charge in [0, 0.05) is 0 Å². The van der Waals surface area contributed by atoms with Crippen LogP contribution in [0.2, 0.25) is 0 Å². The number of benzene rings is 2. The summed E-state index contributed by atoms with van der Waals surface area (Å²) in [6.07, 6.45) is 0. The van der Waals surface area contributed by atoms with Gasteiger partial charge in [-0.1, -0.05) is 18.2 Å². The van der Waals surface area contributed by atoms with Crippen LogP contribution in [0, 0.1) is 5.82 Å². The number of carboxylic acid groups (broad SMARTS) is 1. The zero-order valence-electron chi connectivity index (χ0n) is 9.25. The molecule has 0 atom stereocenters. The number of nitrogens with zero attached hydrogens (tertiary/aromatic N) is 2. The van der Waals surface area contributed by atoms with E-state index < -0.39 is 17.3 Å². The van der Waals surface area contributed by atoms with Gasteiger partial charge in [0.25, 0.3) is 0 Å². The normalized spacial score (nSPS) is 10.7. The maximum Gasteiger partial charge on any atom is 0.338 e. The van der Waals surface area contributed by atoms with Gasteiger partial charge in [0.05, 0.1) is 16.9 Å². The van der Waals surface area contributed by atoms with Gasteiger partial charge in [0.1, 0.15) is 5.82 Å². The Balaban J connectivity index is 2.28. The summed E-state index contributed by atoms with van der Waals surface area (Å²) in [4.78, 5) is 10.7. The van der Waals surface area contributed by atoms with Crippen molar-refractivity contribution in [2.75, 3.05) is 0 Å². The van der Waals surface area contributed by atoms with Gasteiger partial charge in [-0.05, 0) is 30.3 Å². The summed E-state index contributed by atoms with van der Waals surface area (Å²) in [5, 5.41) is 16.5. The van der Waals surface area contributed by atoms with Crippen LogP contribution in [0.4, 0.5) is 15.8 Å². The Hall–Kier alpha value is -2.56. The van der Waals surface area contributed by atoms with Gasteiger partial charge in [-0.25, -0.2) is 9.18 Å². The lowest BCUT2D eigenvalue weighted by Crippen LogP contribution is -1.99. The Labute approximate surface area is 102 Å². The molecular formula is C13H9FN2O2. The molecule has 0 bridgehead atoms. The van der Waals surface area contributed by atoms with E-state index in [1.807, 2.05) is 18.2 Å². The fourth-order valence-corrected chi connectivity index (χ4v) is 1.35. The maximum absolute atomic E-state index is 13.1. The van der Waals surface area contributed by atoms with Crippen molar-refractivity contribution in [2.45, 2.75) is 0 Å². The fraction of sp³-hybridized carbons (Fsp3) is 0. The topological polar surface area (TPSA) is 62.0 Å². The number of rotatable bonds is 3. The van der Waals surface area contributed by atoms with Crippen LogP contribution in [0.25, 0.3) is 0 Å². The molecule has 2 rings (SSSR count). The van der Waals surface area contributed by atoms with E-state index in [0.717, 1.165) is 12.1 Å². The number of hydrogen-bond donors (Lipinski definition) is 1. The summed E-state index contributed by atoms with van der Waals surface area (Å²) in [5.74, 6) is -2.12. The van der Waals surface area contributed by atoms with Crippen molar-refractivity contribution in [1.82, 2.24) is 0 Å². The zero-order chi connectivity index (χ0) is 13.0. The summed E-state index contributed by atoms with van der Waals surface area (Å²) in [6.45, 7) is 0. The van der Waals surface area contributed by atoms with E-state index in [0.29, 0.717) is 5.69 Å². The summed E-state index contributed by atoms with van der Waals surface area (Å²) in [6, 6.07) is 12.5. The average molecular weight is 244 g/mol. The second kappa shape index (κ2) is 5.18. The molecule has 0 saturated carbocycles. The van der Waals surface area contributed by atoms with E-state index in [9.17, 15) is 9.18 Å². The van der Waals surface area contributed by atoms with E-state index in [1.165, 1.54) is 6.07 Å². The third-order valence-corrected chi connectivity index (χ3v) is 2.22. The molecule has 0 amide bonds. The van der Waals surface area contributed by atoms with Crippen LogP contribution >= 0.6 is 0 Å². The quantitative estimate of drug-likeness (QED) is 0.831. The number of carbonyl (C=O) groups is 1. The van der Waals surface area contributed by atoms with Gasteiger partial charge in [0.2, 0.25) is 0 Å². The summed E-state index contributed by atoms with van der Waals surface area (Å²) >= 11 is 0. The molecular weight excluding hydrogens is 235 g/mol. The van der Waals surface area contributed by atoms with Crippen LogP contribution < -0.4 is 0 Å². The summed E-state index contributed by atoms with van der Waals surface area (Å²) < 4.78 is 13.1. The molecule has 0 aliphatic carbocycles.